The summed E-state index contributed by atoms with van der Waals surface area (Å²) in [6, 6.07) is 7.43. The van der Waals surface area contributed by atoms with Crippen molar-refractivity contribution in [3.8, 4) is 0 Å². The van der Waals surface area contributed by atoms with E-state index in [1.54, 1.807) is 6.07 Å². The Balaban J connectivity index is 2.23. The van der Waals surface area contributed by atoms with Crippen LogP contribution in [0, 0.1) is 11.8 Å². The van der Waals surface area contributed by atoms with E-state index in [9.17, 15) is 18.3 Å². The fraction of sp³-hybridized carbons (Fsp3) is 0.647. The lowest BCUT2D eigenvalue weighted by molar-refractivity contribution is -0.201. The van der Waals surface area contributed by atoms with E-state index in [4.69, 9.17) is 0 Å². The average Bonchev–Trinajstić information content (AvgIpc) is 2.37. The number of alkyl halides is 3. The first kappa shape index (κ1) is 16.3. The third-order valence-electron chi connectivity index (χ3n) is 4.30. The SMILES string of the molecule is CC(C)Cc1cccc(C2(O)CCCC(C(F)(F)F)C2)c1. The Morgan fingerprint density at radius 1 is 1.33 bits per heavy atom. The zero-order valence-corrected chi connectivity index (χ0v) is 12.6. The van der Waals surface area contributed by atoms with E-state index in [-0.39, 0.29) is 12.8 Å². The highest BCUT2D eigenvalue weighted by Crippen LogP contribution is 2.46. The summed E-state index contributed by atoms with van der Waals surface area (Å²) in [4.78, 5) is 0. The molecule has 1 aromatic carbocycles. The molecule has 0 spiro atoms. The molecule has 1 fully saturated rings. The molecule has 2 atom stereocenters. The number of halogens is 3. The summed E-state index contributed by atoms with van der Waals surface area (Å²) in [6.07, 6.45) is -2.63. The molecule has 0 aliphatic heterocycles. The Hall–Kier alpha value is -1.03. The molecule has 0 saturated heterocycles. The van der Waals surface area contributed by atoms with Crippen molar-refractivity contribution in [2.75, 3.05) is 0 Å². The summed E-state index contributed by atoms with van der Waals surface area (Å²) in [7, 11) is 0. The molecule has 1 N–H and O–H groups in total. The fourth-order valence-corrected chi connectivity index (χ4v) is 3.25. The van der Waals surface area contributed by atoms with Crippen LogP contribution in [0.2, 0.25) is 0 Å². The molecule has 118 valence electrons. The van der Waals surface area contributed by atoms with Crippen molar-refractivity contribution >= 4 is 0 Å². The molecule has 0 heterocycles. The molecular formula is C17H23F3O. The lowest BCUT2D eigenvalue weighted by atomic mass is 9.74. The van der Waals surface area contributed by atoms with Gasteiger partial charge in [0, 0.05) is 0 Å². The highest BCUT2D eigenvalue weighted by molar-refractivity contribution is 5.29. The minimum absolute atomic E-state index is 0.123. The maximum atomic E-state index is 12.9. The lowest BCUT2D eigenvalue weighted by Gasteiger charge is -2.38. The van der Waals surface area contributed by atoms with Crippen molar-refractivity contribution in [3.05, 3.63) is 35.4 Å². The van der Waals surface area contributed by atoms with Gasteiger partial charge in [0.1, 0.15) is 0 Å². The fourth-order valence-electron chi connectivity index (χ4n) is 3.25. The van der Waals surface area contributed by atoms with E-state index in [0.29, 0.717) is 24.3 Å². The van der Waals surface area contributed by atoms with Crippen molar-refractivity contribution in [2.45, 2.75) is 57.7 Å². The molecule has 21 heavy (non-hydrogen) atoms. The van der Waals surface area contributed by atoms with Crippen LogP contribution in [0.5, 0.6) is 0 Å². The molecule has 1 aromatic rings. The van der Waals surface area contributed by atoms with Crippen molar-refractivity contribution in [3.63, 3.8) is 0 Å². The first-order valence-electron chi connectivity index (χ1n) is 7.59. The van der Waals surface area contributed by atoms with Crippen LogP contribution in [-0.4, -0.2) is 11.3 Å². The predicted molar refractivity (Wildman–Crippen MR) is 76.9 cm³/mol. The monoisotopic (exact) mass is 300 g/mol. The van der Waals surface area contributed by atoms with Crippen LogP contribution in [0.4, 0.5) is 13.2 Å². The molecule has 1 saturated carbocycles. The van der Waals surface area contributed by atoms with Crippen LogP contribution >= 0.6 is 0 Å². The van der Waals surface area contributed by atoms with Gasteiger partial charge >= 0.3 is 6.18 Å². The standard InChI is InChI=1S/C17H23F3O/c1-12(2)9-13-5-3-6-14(10-13)16(21)8-4-7-15(11-16)17(18,19)20/h3,5-6,10,12,15,21H,4,7-9,11H2,1-2H3. The van der Waals surface area contributed by atoms with Gasteiger partial charge in [-0.3, -0.25) is 0 Å². The Morgan fingerprint density at radius 2 is 2.05 bits per heavy atom. The van der Waals surface area contributed by atoms with Crippen LogP contribution in [0.15, 0.2) is 24.3 Å². The van der Waals surface area contributed by atoms with Crippen molar-refractivity contribution in [1.82, 2.24) is 0 Å². The van der Waals surface area contributed by atoms with Crippen LogP contribution < -0.4 is 0 Å². The number of hydrogen-bond donors (Lipinski definition) is 1. The second-order valence-corrected chi connectivity index (χ2v) is 6.66. The van der Waals surface area contributed by atoms with E-state index < -0.39 is 17.7 Å². The second-order valence-electron chi connectivity index (χ2n) is 6.66. The Kier molecular flexibility index (Phi) is 4.66. The molecule has 0 aromatic heterocycles. The summed E-state index contributed by atoms with van der Waals surface area (Å²) in [5.74, 6) is -0.922. The van der Waals surface area contributed by atoms with Crippen LogP contribution in [0.1, 0.15) is 50.7 Å². The zero-order valence-electron chi connectivity index (χ0n) is 12.6. The maximum absolute atomic E-state index is 12.9. The molecule has 0 amide bonds. The third-order valence-corrected chi connectivity index (χ3v) is 4.30. The van der Waals surface area contributed by atoms with Gasteiger partial charge in [-0.15, -0.1) is 0 Å². The molecule has 1 aliphatic carbocycles. The third kappa shape index (κ3) is 4.00. The smallest absolute Gasteiger partial charge is 0.385 e. The lowest BCUT2D eigenvalue weighted by Crippen LogP contribution is -2.38. The van der Waals surface area contributed by atoms with Crippen LogP contribution in [0.3, 0.4) is 0 Å². The molecule has 2 rings (SSSR count). The molecule has 1 aliphatic rings. The van der Waals surface area contributed by atoms with E-state index in [2.05, 4.69) is 13.8 Å². The summed E-state index contributed by atoms with van der Waals surface area (Å²) in [6.45, 7) is 4.20. The van der Waals surface area contributed by atoms with Gasteiger partial charge in [0.2, 0.25) is 0 Å². The van der Waals surface area contributed by atoms with Crippen molar-refractivity contribution < 1.29 is 18.3 Å². The maximum Gasteiger partial charge on any atom is 0.391 e. The normalized spacial score (nSPS) is 27.1. The first-order valence-corrected chi connectivity index (χ1v) is 7.59. The summed E-state index contributed by atoms with van der Waals surface area (Å²) in [5.41, 5.74) is 0.366. The van der Waals surface area contributed by atoms with Gasteiger partial charge in [-0.2, -0.15) is 13.2 Å². The highest BCUT2D eigenvalue weighted by atomic mass is 19.4. The number of hydrogen-bond acceptors (Lipinski definition) is 1. The first-order chi connectivity index (χ1) is 9.71. The van der Waals surface area contributed by atoms with E-state index in [1.165, 1.54) is 0 Å². The molecule has 0 radical (unpaired) electrons. The minimum atomic E-state index is -4.22. The molecule has 0 bridgehead atoms. The Bertz CT molecular complexity index is 481. The molecule has 4 heteroatoms. The number of benzene rings is 1. The largest absolute Gasteiger partial charge is 0.391 e. The van der Waals surface area contributed by atoms with E-state index in [0.717, 1.165) is 12.0 Å². The highest BCUT2D eigenvalue weighted by Gasteiger charge is 2.47. The Labute approximate surface area is 124 Å². The average molecular weight is 300 g/mol. The summed E-state index contributed by atoms with van der Waals surface area (Å²) in [5, 5.41) is 10.7. The van der Waals surface area contributed by atoms with Gasteiger partial charge in [0.15, 0.2) is 0 Å². The van der Waals surface area contributed by atoms with Crippen molar-refractivity contribution in [1.29, 1.82) is 0 Å². The van der Waals surface area contributed by atoms with Gasteiger partial charge in [0.05, 0.1) is 11.5 Å². The number of rotatable bonds is 3. The zero-order chi connectivity index (χ0) is 15.7. The van der Waals surface area contributed by atoms with Crippen LogP contribution in [-0.2, 0) is 12.0 Å². The minimum Gasteiger partial charge on any atom is -0.385 e. The summed E-state index contributed by atoms with van der Waals surface area (Å²) >= 11 is 0. The number of aliphatic hydroxyl groups is 1. The molecular weight excluding hydrogens is 277 g/mol. The van der Waals surface area contributed by atoms with Crippen LogP contribution in [0.25, 0.3) is 0 Å². The Morgan fingerprint density at radius 3 is 2.67 bits per heavy atom. The van der Waals surface area contributed by atoms with Gasteiger partial charge in [-0.25, -0.2) is 0 Å². The quantitative estimate of drug-likeness (QED) is 0.848. The molecule has 2 unspecified atom stereocenters. The van der Waals surface area contributed by atoms with E-state index >= 15 is 0 Å². The van der Waals surface area contributed by atoms with Gasteiger partial charge in [-0.1, -0.05) is 38.1 Å². The second kappa shape index (κ2) is 5.99. The van der Waals surface area contributed by atoms with Gasteiger partial charge < -0.3 is 5.11 Å². The van der Waals surface area contributed by atoms with Crippen molar-refractivity contribution in [2.24, 2.45) is 11.8 Å². The predicted octanol–water partition coefficient (Wildman–Crippen LogP) is 4.83. The van der Waals surface area contributed by atoms with Gasteiger partial charge in [0.25, 0.3) is 0 Å². The molecule has 1 nitrogen and oxygen atoms in total. The summed E-state index contributed by atoms with van der Waals surface area (Å²) < 4.78 is 38.8. The van der Waals surface area contributed by atoms with E-state index in [1.807, 2.05) is 18.2 Å². The van der Waals surface area contributed by atoms with Gasteiger partial charge in [-0.05, 0) is 49.1 Å². The topological polar surface area (TPSA) is 20.2 Å².